The van der Waals surface area contributed by atoms with Crippen molar-refractivity contribution in [3.05, 3.63) is 34.9 Å². The number of carbonyl (C=O) groups is 2. The van der Waals surface area contributed by atoms with Crippen LogP contribution in [0.4, 0.5) is 8.78 Å². The van der Waals surface area contributed by atoms with Crippen LogP contribution in [0.25, 0.3) is 0 Å². The van der Waals surface area contributed by atoms with E-state index in [1.165, 1.54) is 14.1 Å². The van der Waals surface area contributed by atoms with Crippen LogP contribution in [0.15, 0.2) is 12.1 Å². The quantitative estimate of drug-likeness (QED) is 0.812. The molecule has 0 saturated heterocycles. The standard InChI is InChI=1S/C10H10F2N2O2/c1-14(2)10(16)5-3-4-6(11)8(12)7(5)9(13)15/h3-4H,1-2H3,(H2,13,15). The van der Waals surface area contributed by atoms with Crippen LogP contribution in [-0.4, -0.2) is 30.8 Å². The predicted molar refractivity (Wildman–Crippen MR) is 52.9 cm³/mol. The molecule has 1 aromatic rings. The fourth-order valence-corrected chi connectivity index (χ4v) is 1.21. The molecule has 0 aliphatic carbocycles. The van der Waals surface area contributed by atoms with E-state index in [1.54, 1.807) is 0 Å². The third-order valence-electron chi connectivity index (χ3n) is 1.98. The van der Waals surface area contributed by atoms with Gasteiger partial charge in [0.25, 0.3) is 11.8 Å². The molecule has 0 unspecified atom stereocenters. The summed E-state index contributed by atoms with van der Waals surface area (Å²) in [4.78, 5) is 23.7. The summed E-state index contributed by atoms with van der Waals surface area (Å²) in [6, 6.07) is 1.80. The zero-order valence-electron chi connectivity index (χ0n) is 8.75. The topological polar surface area (TPSA) is 63.4 Å². The van der Waals surface area contributed by atoms with E-state index in [-0.39, 0.29) is 5.56 Å². The van der Waals surface area contributed by atoms with Crippen LogP contribution in [0.1, 0.15) is 20.7 Å². The number of amides is 2. The van der Waals surface area contributed by atoms with Gasteiger partial charge < -0.3 is 10.6 Å². The molecule has 0 aliphatic rings. The molecule has 1 rings (SSSR count). The van der Waals surface area contributed by atoms with Crippen LogP contribution in [0.5, 0.6) is 0 Å². The summed E-state index contributed by atoms with van der Waals surface area (Å²) in [6.45, 7) is 0. The molecule has 0 heterocycles. The normalized spacial score (nSPS) is 10.0. The minimum atomic E-state index is -1.40. The van der Waals surface area contributed by atoms with Gasteiger partial charge in [-0.25, -0.2) is 8.78 Å². The van der Waals surface area contributed by atoms with Crippen LogP contribution in [0, 0.1) is 11.6 Å². The number of primary amides is 1. The van der Waals surface area contributed by atoms with E-state index in [0.29, 0.717) is 0 Å². The first-order chi connectivity index (χ1) is 7.36. The number of halogens is 2. The lowest BCUT2D eigenvalue weighted by Gasteiger charge is -2.13. The molecule has 2 amide bonds. The second-order valence-electron chi connectivity index (χ2n) is 3.35. The number of hydrogen-bond acceptors (Lipinski definition) is 2. The molecular weight excluding hydrogens is 218 g/mol. The lowest BCUT2D eigenvalue weighted by Crippen LogP contribution is -2.27. The van der Waals surface area contributed by atoms with E-state index in [9.17, 15) is 18.4 Å². The molecule has 16 heavy (non-hydrogen) atoms. The van der Waals surface area contributed by atoms with Crippen molar-refractivity contribution in [3.63, 3.8) is 0 Å². The van der Waals surface area contributed by atoms with Gasteiger partial charge in [0.1, 0.15) is 0 Å². The first-order valence-corrected chi connectivity index (χ1v) is 4.35. The van der Waals surface area contributed by atoms with Crippen molar-refractivity contribution in [2.75, 3.05) is 14.1 Å². The first-order valence-electron chi connectivity index (χ1n) is 4.35. The number of nitrogens with two attached hydrogens (primary N) is 1. The van der Waals surface area contributed by atoms with Crippen molar-refractivity contribution < 1.29 is 18.4 Å². The van der Waals surface area contributed by atoms with Crippen molar-refractivity contribution in [1.29, 1.82) is 0 Å². The van der Waals surface area contributed by atoms with Crippen LogP contribution < -0.4 is 5.73 Å². The second kappa shape index (κ2) is 4.26. The number of rotatable bonds is 2. The van der Waals surface area contributed by atoms with Gasteiger partial charge in [-0.2, -0.15) is 0 Å². The van der Waals surface area contributed by atoms with E-state index in [0.717, 1.165) is 17.0 Å². The van der Waals surface area contributed by atoms with Gasteiger partial charge >= 0.3 is 0 Å². The highest BCUT2D eigenvalue weighted by Gasteiger charge is 2.23. The summed E-state index contributed by atoms with van der Waals surface area (Å²) < 4.78 is 26.2. The van der Waals surface area contributed by atoms with Gasteiger partial charge in [-0.3, -0.25) is 9.59 Å². The van der Waals surface area contributed by atoms with Crippen LogP contribution >= 0.6 is 0 Å². The maximum absolute atomic E-state index is 13.3. The molecular formula is C10H10F2N2O2. The van der Waals surface area contributed by atoms with Gasteiger partial charge in [0.05, 0.1) is 11.1 Å². The molecule has 0 spiro atoms. The highest BCUT2D eigenvalue weighted by molar-refractivity contribution is 6.06. The van der Waals surface area contributed by atoms with Crippen molar-refractivity contribution in [2.24, 2.45) is 5.73 Å². The Morgan fingerprint density at radius 3 is 2.25 bits per heavy atom. The number of nitrogens with zero attached hydrogens (tertiary/aromatic N) is 1. The van der Waals surface area contributed by atoms with Crippen molar-refractivity contribution in [2.45, 2.75) is 0 Å². The van der Waals surface area contributed by atoms with E-state index in [2.05, 4.69) is 0 Å². The highest BCUT2D eigenvalue weighted by atomic mass is 19.2. The molecule has 86 valence electrons. The van der Waals surface area contributed by atoms with Gasteiger partial charge in [-0.15, -0.1) is 0 Å². The number of carbonyl (C=O) groups excluding carboxylic acids is 2. The molecule has 6 heteroatoms. The van der Waals surface area contributed by atoms with Crippen LogP contribution in [0.3, 0.4) is 0 Å². The van der Waals surface area contributed by atoms with E-state index in [4.69, 9.17) is 5.73 Å². The molecule has 0 radical (unpaired) electrons. The van der Waals surface area contributed by atoms with Gasteiger partial charge in [0.2, 0.25) is 0 Å². The summed E-state index contributed by atoms with van der Waals surface area (Å²) in [5.74, 6) is -4.42. The maximum Gasteiger partial charge on any atom is 0.254 e. The van der Waals surface area contributed by atoms with Crippen LogP contribution in [0.2, 0.25) is 0 Å². The molecule has 1 aromatic carbocycles. The molecule has 0 atom stereocenters. The van der Waals surface area contributed by atoms with E-state index >= 15 is 0 Å². The molecule has 0 aromatic heterocycles. The fourth-order valence-electron chi connectivity index (χ4n) is 1.21. The molecule has 4 nitrogen and oxygen atoms in total. The molecule has 0 aliphatic heterocycles. The Labute approximate surface area is 90.6 Å². The lowest BCUT2D eigenvalue weighted by molar-refractivity contribution is 0.0819. The van der Waals surface area contributed by atoms with E-state index in [1.807, 2.05) is 0 Å². The Balaban J connectivity index is 3.46. The van der Waals surface area contributed by atoms with Gasteiger partial charge in [-0.05, 0) is 12.1 Å². The highest BCUT2D eigenvalue weighted by Crippen LogP contribution is 2.17. The largest absolute Gasteiger partial charge is 0.365 e. The van der Waals surface area contributed by atoms with Gasteiger partial charge in [0.15, 0.2) is 11.6 Å². The van der Waals surface area contributed by atoms with Crippen LogP contribution in [-0.2, 0) is 0 Å². The fraction of sp³-hybridized carbons (Fsp3) is 0.200. The first kappa shape index (κ1) is 12.1. The minimum absolute atomic E-state index is 0.253. The van der Waals surface area contributed by atoms with Crippen molar-refractivity contribution in [3.8, 4) is 0 Å². The van der Waals surface area contributed by atoms with Crippen molar-refractivity contribution >= 4 is 11.8 Å². The summed E-state index contributed by atoms with van der Waals surface area (Å²) in [6.07, 6.45) is 0. The molecule has 0 bridgehead atoms. The zero-order valence-corrected chi connectivity index (χ0v) is 8.75. The second-order valence-corrected chi connectivity index (χ2v) is 3.35. The monoisotopic (exact) mass is 228 g/mol. The SMILES string of the molecule is CN(C)C(=O)c1ccc(F)c(F)c1C(N)=O. The summed E-state index contributed by atoms with van der Waals surface area (Å²) in [7, 11) is 2.85. The Morgan fingerprint density at radius 2 is 1.81 bits per heavy atom. The van der Waals surface area contributed by atoms with Gasteiger partial charge in [-0.1, -0.05) is 0 Å². The Hall–Kier alpha value is -1.98. The minimum Gasteiger partial charge on any atom is -0.365 e. The Kier molecular flexibility index (Phi) is 3.22. The van der Waals surface area contributed by atoms with Crippen molar-refractivity contribution in [1.82, 2.24) is 4.90 Å². The lowest BCUT2D eigenvalue weighted by atomic mass is 10.0. The average Bonchev–Trinajstić information content (AvgIpc) is 2.20. The smallest absolute Gasteiger partial charge is 0.254 e. The zero-order chi connectivity index (χ0) is 12.5. The number of benzene rings is 1. The van der Waals surface area contributed by atoms with Gasteiger partial charge in [0, 0.05) is 14.1 Å². The summed E-state index contributed by atoms with van der Waals surface area (Å²) in [5, 5.41) is 0. The third kappa shape index (κ3) is 2.00. The maximum atomic E-state index is 13.3. The number of hydrogen-bond donors (Lipinski definition) is 1. The Bertz CT molecular complexity index is 458. The molecule has 2 N–H and O–H groups in total. The molecule has 0 fully saturated rings. The third-order valence-corrected chi connectivity index (χ3v) is 1.98. The molecule has 0 saturated carbocycles. The predicted octanol–water partition coefficient (Wildman–Crippen LogP) is 0.766. The average molecular weight is 228 g/mol. The summed E-state index contributed by atoms with van der Waals surface area (Å²) in [5.41, 5.74) is 3.93. The summed E-state index contributed by atoms with van der Waals surface area (Å²) >= 11 is 0. The van der Waals surface area contributed by atoms with E-state index < -0.39 is 29.0 Å². The Morgan fingerprint density at radius 1 is 1.25 bits per heavy atom.